The molecule has 0 saturated heterocycles. The molecule has 4 rings (SSSR count). The van der Waals surface area contributed by atoms with Crippen molar-refractivity contribution in [3.63, 3.8) is 0 Å². The molecule has 0 aliphatic carbocycles. The summed E-state index contributed by atoms with van der Waals surface area (Å²) in [6, 6.07) is 11.7. The lowest BCUT2D eigenvalue weighted by molar-refractivity contribution is 0.102. The Hall–Kier alpha value is -1.94. The van der Waals surface area contributed by atoms with Gasteiger partial charge in [0.15, 0.2) is 0 Å². The average Bonchev–Trinajstić information content (AvgIpc) is 3.35. The highest BCUT2D eigenvalue weighted by atomic mass is 79.9. The van der Waals surface area contributed by atoms with E-state index in [2.05, 4.69) is 36.4 Å². The molecule has 1 N–H and O–H groups in total. The van der Waals surface area contributed by atoms with E-state index in [-0.39, 0.29) is 5.91 Å². The number of halogens is 1. The smallest absolute Gasteiger partial charge is 0.276 e. The number of nitrogens with one attached hydrogen (secondary N) is 1. The Morgan fingerprint density at radius 3 is 2.64 bits per heavy atom. The molecule has 0 fully saturated rings. The van der Waals surface area contributed by atoms with Gasteiger partial charge in [-0.25, -0.2) is 4.98 Å². The molecule has 9 heteroatoms. The van der Waals surface area contributed by atoms with Crippen LogP contribution >= 0.6 is 49.9 Å². The van der Waals surface area contributed by atoms with Gasteiger partial charge in [0.2, 0.25) is 5.13 Å². The van der Waals surface area contributed by atoms with Crippen molar-refractivity contribution in [3.05, 3.63) is 57.3 Å². The number of amides is 1. The molecule has 124 valence electrons. The van der Waals surface area contributed by atoms with Crippen molar-refractivity contribution in [1.82, 2.24) is 15.2 Å². The fourth-order valence-corrected chi connectivity index (χ4v) is 5.10. The Morgan fingerprint density at radius 2 is 1.88 bits per heavy atom. The summed E-state index contributed by atoms with van der Waals surface area (Å²) in [6.45, 7) is 0. The zero-order chi connectivity index (χ0) is 17.2. The summed E-state index contributed by atoms with van der Waals surface area (Å²) in [5, 5.41) is 16.7. The predicted molar refractivity (Wildman–Crippen MR) is 106 cm³/mol. The summed E-state index contributed by atoms with van der Waals surface area (Å²) in [5.74, 6) is -0.283. The van der Waals surface area contributed by atoms with E-state index in [1.54, 1.807) is 16.7 Å². The Bertz CT molecular complexity index is 1020. The first kappa shape index (κ1) is 16.5. The minimum Gasteiger partial charge on any atom is -0.295 e. The van der Waals surface area contributed by atoms with Gasteiger partial charge in [0.1, 0.15) is 15.7 Å². The van der Waals surface area contributed by atoms with Crippen LogP contribution in [0.15, 0.2) is 51.6 Å². The lowest BCUT2D eigenvalue weighted by Crippen LogP contribution is -2.12. The fraction of sp³-hybridized carbons (Fsp3) is 0. The molecule has 0 unspecified atom stereocenters. The topological polar surface area (TPSA) is 67.8 Å². The van der Waals surface area contributed by atoms with Crippen LogP contribution in [0.1, 0.15) is 10.5 Å². The van der Waals surface area contributed by atoms with Crippen molar-refractivity contribution in [3.8, 4) is 20.5 Å². The largest absolute Gasteiger partial charge is 0.295 e. The van der Waals surface area contributed by atoms with Crippen LogP contribution in [0.5, 0.6) is 0 Å². The van der Waals surface area contributed by atoms with E-state index in [1.807, 2.05) is 41.8 Å². The molecule has 3 heterocycles. The second-order valence-electron chi connectivity index (χ2n) is 4.90. The van der Waals surface area contributed by atoms with Gasteiger partial charge in [-0.05, 0) is 22.0 Å². The van der Waals surface area contributed by atoms with E-state index in [9.17, 15) is 4.79 Å². The zero-order valence-corrected chi connectivity index (χ0v) is 16.5. The average molecular weight is 449 g/mol. The molecule has 0 radical (unpaired) electrons. The van der Waals surface area contributed by atoms with E-state index in [0.29, 0.717) is 10.8 Å². The molecule has 5 nitrogen and oxygen atoms in total. The summed E-state index contributed by atoms with van der Waals surface area (Å²) >= 11 is 7.78. The summed E-state index contributed by atoms with van der Waals surface area (Å²) < 4.78 is 1.01. The number of hydrogen-bond donors (Lipinski definition) is 1. The fourth-order valence-electron chi connectivity index (χ4n) is 2.05. The van der Waals surface area contributed by atoms with Gasteiger partial charge >= 0.3 is 0 Å². The van der Waals surface area contributed by atoms with Crippen LogP contribution < -0.4 is 5.32 Å². The van der Waals surface area contributed by atoms with Crippen molar-refractivity contribution >= 4 is 61.0 Å². The summed E-state index contributed by atoms with van der Waals surface area (Å²) in [6.07, 6.45) is 0. The van der Waals surface area contributed by atoms with Crippen LogP contribution in [0, 0.1) is 0 Å². The number of benzene rings is 1. The Balaban J connectivity index is 1.49. The summed E-state index contributed by atoms with van der Waals surface area (Å²) in [7, 11) is 0. The number of thiazole rings is 1. The van der Waals surface area contributed by atoms with Crippen molar-refractivity contribution in [1.29, 1.82) is 0 Å². The van der Waals surface area contributed by atoms with Gasteiger partial charge in [-0.3, -0.25) is 10.1 Å². The zero-order valence-electron chi connectivity index (χ0n) is 12.5. The van der Waals surface area contributed by atoms with Crippen LogP contribution in [0.25, 0.3) is 20.5 Å². The van der Waals surface area contributed by atoms with Crippen LogP contribution in [-0.4, -0.2) is 21.1 Å². The molecule has 25 heavy (non-hydrogen) atoms. The first-order valence-corrected chi connectivity index (χ1v) is 10.5. The standard InChI is InChI=1S/C16H9BrN4OS3/c17-10-6-12(23-7-10)15-18-11(8-24-15)13(22)19-16-21-20-14(25-16)9-4-2-1-3-5-9/h1-8H,(H,19,21,22). The van der Waals surface area contributed by atoms with Crippen LogP contribution in [0.4, 0.5) is 5.13 Å². The maximum absolute atomic E-state index is 12.4. The van der Waals surface area contributed by atoms with Gasteiger partial charge < -0.3 is 0 Å². The molecule has 1 amide bonds. The van der Waals surface area contributed by atoms with Gasteiger partial charge in [0.05, 0.1) is 4.88 Å². The number of hydrogen-bond acceptors (Lipinski definition) is 7. The number of nitrogens with zero attached hydrogens (tertiary/aromatic N) is 3. The third kappa shape index (κ3) is 3.69. The van der Waals surface area contributed by atoms with Gasteiger partial charge in [-0.15, -0.1) is 32.9 Å². The van der Waals surface area contributed by atoms with Crippen molar-refractivity contribution in [2.75, 3.05) is 5.32 Å². The van der Waals surface area contributed by atoms with E-state index >= 15 is 0 Å². The number of carbonyl (C=O) groups excluding carboxylic acids is 1. The molecule has 1 aromatic carbocycles. The minimum atomic E-state index is -0.283. The second-order valence-corrected chi connectivity index (χ2v) is 8.56. The van der Waals surface area contributed by atoms with E-state index < -0.39 is 0 Å². The predicted octanol–water partition coefficient (Wildman–Crippen LogP) is 5.40. The molecular formula is C16H9BrN4OS3. The Kier molecular flexibility index (Phi) is 4.71. The first-order valence-electron chi connectivity index (χ1n) is 7.09. The van der Waals surface area contributed by atoms with Crippen molar-refractivity contribution < 1.29 is 4.79 Å². The molecular weight excluding hydrogens is 440 g/mol. The third-order valence-electron chi connectivity index (χ3n) is 3.18. The number of thiophene rings is 1. The molecule has 0 atom stereocenters. The van der Waals surface area contributed by atoms with E-state index in [4.69, 9.17) is 0 Å². The Morgan fingerprint density at radius 1 is 1.04 bits per heavy atom. The van der Waals surface area contributed by atoms with Gasteiger partial charge in [-0.1, -0.05) is 41.7 Å². The molecule has 0 aliphatic rings. The monoisotopic (exact) mass is 448 g/mol. The molecule has 4 aromatic rings. The molecule has 0 aliphatic heterocycles. The van der Waals surface area contributed by atoms with Crippen LogP contribution in [0.2, 0.25) is 0 Å². The van der Waals surface area contributed by atoms with Crippen molar-refractivity contribution in [2.45, 2.75) is 0 Å². The SMILES string of the molecule is O=C(Nc1nnc(-c2ccccc2)s1)c1csc(-c2cc(Br)cs2)n1. The molecule has 0 spiro atoms. The first-order chi connectivity index (χ1) is 12.2. The van der Waals surface area contributed by atoms with Gasteiger partial charge in [0, 0.05) is 20.8 Å². The quantitative estimate of drug-likeness (QED) is 0.453. The van der Waals surface area contributed by atoms with Gasteiger partial charge in [-0.2, -0.15) is 0 Å². The lowest BCUT2D eigenvalue weighted by Gasteiger charge is -1.96. The number of anilines is 1. The highest BCUT2D eigenvalue weighted by Crippen LogP contribution is 2.32. The second kappa shape index (κ2) is 7.12. The maximum Gasteiger partial charge on any atom is 0.276 e. The maximum atomic E-state index is 12.4. The van der Waals surface area contributed by atoms with Crippen LogP contribution in [0.3, 0.4) is 0 Å². The number of rotatable bonds is 4. The van der Waals surface area contributed by atoms with Crippen LogP contribution in [-0.2, 0) is 0 Å². The molecule has 0 bridgehead atoms. The van der Waals surface area contributed by atoms with Crippen molar-refractivity contribution in [2.24, 2.45) is 0 Å². The third-order valence-corrected chi connectivity index (χ3v) is 6.77. The Labute approximate surface area is 163 Å². The number of aromatic nitrogens is 3. The highest BCUT2D eigenvalue weighted by Gasteiger charge is 2.15. The summed E-state index contributed by atoms with van der Waals surface area (Å²) in [4.78, 5) is 17.8. The highest BCUT2D eigenvalue weighted by molar-refractivity contribution is 9.10. The minimum absolute atomic E-state index is 0.283. The van der Waals surface area contributed by atoms with E-state index in [0.717, 1.165) is 24.9 Å². The van der Waals surface area contributed by atoms with E-state index in [1.165, 1.54) is 22.7 Å². The van der Waals surface area contributed by atoms with Gasteiger partial charge in [0.25, 0.3) is 5.91 Å². The molecule has 0 saturated carbocycles. The normalized spacial score (nSPS) is 10.8. The lowest BCUT2D eigenvalue weighted by atomic mass is 10.2. The number of carbonyl (C=O) groups is 1. The molecule has 3 aromatic heterocycles. The summed E-state index contributed by atoms with van der Waals surface area (Å²) in [5.41, 5.74) is 1.35.